The fraction of sp³-hybridized carbons (Fsp3) is 0.222. The average molecular weight is 483 g/mol. The summed E-state index contributed by atoms with van der Waals surface area (Å²) in [5, 5.41) is 17.3. The largest absolute Gasteiger partial charge is 0.465 e. The third kappa shape index (κ3) is 4.87. The molecule has 0 saturated heterocycles. The highest BCUT2D eigenvalue weighted by Gasteiger charge is 2.17. The molecule has 0 aliphatic heterocycles. The van der Waals surface area contributed by atoms with Crippen molar-refractivity contribution in [2.24, 2.45) is 0 Å². The molecule has 0 N–H and O–H groups in total. The molecule has 0 atom stereocenters. The molecule has 3 aromatic heterocycles. The van der Waals surface area contributed by atoms with Crippen LogP contribution in [0.1, 0.15) is 12.5 Å². The molecule has 10 nitrogen and oxygen atoms in total. The van der Waals surface area contributed by atoms with Crippen LogP contribution in [-0.4, -0.2) is 47.5 Å². The Balaban J connectivity index is 1.47. The molecule has 0 spiro atoms. The van der Waals surface area contributed by atoms with Crippen LogP contribution in [0.5, 0.6) is 0 Å². The summed E-state index contributed by atoms with van der Waals surface area (Å²) in [6, 6.07) is 5.06. The lowest BCUT2D eigenvalue weighted by atomic mass is 10.2. The Kier molecular flexibility index (Phi) is 6.21. The van der Waals surface area contributed by atoms with Crippen molar-refractivity contribution in [3.8, 4) is 23.1 Å². The molecular formula is C18H14Cl3N7O3. The molecule has 0 aliphatic rings. The van der Waals surface area contributed by atoms with Gasteiger partial charge in [0.2, 0.25) is 5.82 Å². The molecule has 3 heterocycles. The number of carbonyl (C=O) groups is 1. The van der Waals surface area contributed by atoms with Gasteiger partial charge >= 0.3 is 5.97 Å². The van der Waals surface area contributed by atoms with Gasteiger partial charge in [-0.3, -0.25) is 9.48 Å². The summed E-state index contributed by atoms with van der Waals surface area (Å²) in [7, 11) is 0. The zero-order chi connectivity index (χ0) is 22.0. The van der Waals surface area contributed by atoms with Crippen molar-refractivity contribution in [1.82, 2.24) is 34.9 Å². The number of esters is 1. The molecular weight excluding hydrogens is 469 g/mol. The van der Waals surface area contributed by atoms with E-state index in [0.29, 0.717) is 39.6 Å². The summed E-state index contributed by atoms with van der Waals surface area (Å²) >= 11 is 18.1. The number of hydrogen-bond donors (Lipinski definition) is 0. The fourth-order valence-corrected chi connectivity index (χ4v) is 3.34. The molecule has 0 radical (unpaired) electrons. The van der Waals surface area contributed by atoms with Crippen molar-refractivity contribution in [2.75, 3.05) is 6.61 Å². The lowest BCUT2D eigenvalue weighted by Crippen LogP contribution is -2.13. The molecule has 13 heteroatoms. The summed E-state index contributed by atoms with van der Waals surface area (Å²) in [5.41, 5.74) is 1.63. The first-order valence-electron chi connectivity index (χ1n) is 9.00. The van der Waals surface area contributed by atoms with E-state index in [1.54, 1.807) is 42.2 Å². The van der Waals surface area contributed by atoms with Gasteiger partial charge in [-0.2, -0.15) is 10.1 Å². The predicted molar refractivity (Wildman–Crippen MR) is 112 cm³/mol. The van der Waals surface area contributed by atoms with Crippen LogP contribution in [0.3, 0.4) is 0 Å². The zero-order valence-electron chi connectivity index (χ0n) is 16.0. The van der Waals surface area contributed by atoms with Crippen LogP contribution in [0.25, 0.3) is 23.1 Å². The number of benzene rings is 1. The normalized spacial score (nSPS) is 11.1. The highest BCUT2D eigenvalue weighted by molar-refractivity contribution is 6.48. The third-order valence-electron chi connectivity index (χ3n) is 4.04. The van der Waals surface area contributed by atoms with Crippen molar-refractivity contribution >= 4 is 40.8 Å². The lowest BCUT2D eigenvalue weighted by molar-refractivity contribution is -0.144. The first kappa shape index (κ1) is 21.3. The maximum atomic E-state index is 11.6. The quantitative estimate of drug-likeness (QED) is 0.289. The van der Waals surface area contributed by atoms with E-state index in [2.05, 4.69) is 25.6 Å². The van der Waals surface area contributed by atoms with E-state index in [9.17, 15) is 4.79 Å². The number of rotatable bonds is 7. The Labute approximate surface area is 190 Å². The Morgan fingerprint density at radius 3 is 2.68 bits per heavy atom. The van der Waals surface area contributed by atoms with Crippen LogP contribution in [0.15, 0.2) is 35.1 Å². The van der Waals surface area contributed by atoms with E-state index in [1.165, 1.54) is 4.68 Å². The molecule has 0 fully saturated rings. The lowest BCUT2D eigenvalue weighted by Gasteiger charge is -2.05. The summed E-state index contributed by atoms with van der Waals surface area (Å²) < 4.78 is 13.2. The van der Waals surface area contributed by atoms with E-state index in [4.69, 9.17) is 44.1 Å². The Hall–Kier alpha value is -2.95. The predicted octanol–water partition coefficient (Wildman–Crippen LogP) is 3.76. The summed E-state index contributed by atoms with van der Waals surface area (Å²) in [5.74, 6) is 0.0417. The summed E-state index contributed by atoms with van der Waals surface area (Å²) in [6.45, 7) is 2.40. The maximum absolute atomic E-state index is 11.6. The average Bonchev–Trinajstić information content (AvgIpc) is 3.46. The topological polar surface area (TPSA) is 114 Å². The van der Waals surface area contributed by atoms with Crippen LogP contribution in [0, 0.1) is 0 Å². The molecule has 0 bridgehead atoms. The summed E-state index contributed by atoms with van der Waals surface area (Å²) in [6.07, 6.45) is 3.28. The number of ether oxygens (including phenoxy) is 1. The molecule has 1 aromatic carbocycles. The van der Waals surface area contributed by atoms with Crippen LogP contribution >= 0.6 is 34.8 Å². The number of carbonyl (C=O) groups excluding carboxylic acids is 1. The monoisotopic (exact) mass is 481 g/mol. The maximum Gasteiger partial charge on any atom is 0.327 e. The van der Waals surface area contributed by atoms with Crippen molar-refractivity contribution in [3.05, 3.63) is 51.2 Å². The second kappa shape index (κ2) is 9.04. The van der Waals surface area contributed by atoms with Gasteiger partial charge in [0.15, 0.2) is 11.4 Å². The van der Waals surface area contributed by atoms with Crippen molar-refractivity contribution < 1.29 is 14.1 Å². The highest BCUT2D eigenvalue weighted by atomic mass is 35.5. The van der Waals surface area contributed by atoms with Crippen LogP contribution < -0.4 is 0 Å². The van der Waals surface area contributed by atoms with Gasteiger partial charge in [0.1, 0.15) is 6.54 Å². The van der Waals surface area contributed by atoms with Crippen molar-refractivity contribution in [1.29, 1.82) is 0 Å². The van der Waals surface area contributed by atoms with Gasteiger partial charge in [0, 0.05) is 6.20 Å². The molecule has 0 unspecified atom stereocenters. The van der Waals surface area contributed by atoms with E-state index < -0.39 is 0 Å². The van der Waals surface area contributed by atoms with Crippen LogP contribution in [0.2, 0.25) is 15.1 Å². The number of hydrogen-bond acceptors (Lipinski definition) is 8. The SMILES string of the molecule is CCOC(=O)Cn1ccc(-c2nc(-c3cn(Cc4cc(Cl)c(Cl)c(Cl)c4)nn3)no2)n1. The Bertz CT molecular complexity index is 1210. The standard InChI is InChI=1S/C18H14Cl3N7O3/c1-2-30-15(29)9-27-4-3-13(24-27)18-22-17(25-31-18)14-8-28(26-23-14)7-10-5-11(19)16(21)12(20)6-10/h3-6,8H,2,7,9H2,1H3. The molecule has 4 rings (SSSR count). The van der Waals surface area contributed by atoms with E-state index in [-0.39, 0.29) is 24.2 Å². The molecule has 160 valence electrons. The Morgan fingerprint density at radius 1 is 1.16 bits per heavy atom. The van der Waals surface area contributed by atoms with Gasteiger partial charge in [-0.1, -0.05) is 45.2 Å². The number of nitrogens with zero attached hydrogens (tertiary/aromatic N) is 7. The minimum atomic E-state index is -0.386. The van der Waals surface area contributed by atoms with E-state index in [1.807, 2.05) is 0 Å². The number of aromatic nitrogens is 7. The second-order valence-corrected chi connectivity index (χ2v) is 7.49. The minimum absolute atomic E-state index is 0.0120. The van der Waals surface area contributed by atoms with Gasteiger partial charge in [-0.15, -0.1) is 5.10 Å². The van der Waals surface area contributed by atoms with Gasteiger partial charge in [-0.05, 0) is 30.7 Å². The van der Waals surface area contributed by atoms with Crippen molar-refractivity contribution in [3.63, 3.8) is 0 Å². The van der Waals surface area contributed by atoms with Gasteiger partial charge < -0.3 is 9.26 Å². The minimum Gasteiger partial charge on any atom is -0.465 e. The van der Waals surface area contributed by atoms with Gasteiger partial charge in [-0.25, -0.2) is 4.68 Å². The Morgan fingerprint density at radius 2 is 1.94 bits per heavy atom. The van der Waals surface area contributed by atoms with E-state index >= 15 is 0 Å². The molecule has 0 saturated carbocycles. The molecule has 0 aliphatic carbocycles. The first-order chi connectivity index (χ1) is 14.9. The van der Waals surface area contributed by atoms with Crippen LogP contribution in [-0.2, 0) is 22.6 Å². The first-order valence-corrected chi connectivity index (χ1v) is 10.1. The molecule has 31 heavy (non-hydrogen) atoms. The highest BCUT2D eigenvalue weighted by Crippen LogP contribution is 2.31. The molecule has 4 aromatic rings. The van der Waals surface area contributed by atoms with E-state index in [0.717, 1.165) is 5.56 Å². The smallest absolute Gasteiger partial charge is 0.327 e. The van der Waals surface area contributed by atoms with Gasteiger partial charge in [0.05, 0.1) is 34.4 Å². The van der Waals surface area contributed by atoms with Crippen LogP contribution in [0.4, 0.5) is 0 Å². The fourth-order valence-electron chi connectivity index (χ4n) is 2.70. The molecule has 0 amide bonds. The second-order valence-electron chi connectivity index (χ2n) is 6.30. The summed E-state index contributed by atoms with van der Waals surface area (Å²) in [4.78, 5) is 15.9. The third-order valence-corrected chi connectivity index (χ3v) is 5.23. The zero-order valence-corrected chi connectivity index (χ0v) is 18.3. The number of halogens is 3. The van der Waals surface area contributed by atoms with Gasteiger partial charge in [0.25, 0.3) is 5.89 Å². The van der Waals surface area contributed by atoms with Crippen molar-refractivity contribution in [2.45, 2.75) is 20.0 Å².